The average Bonchev–Trinajstić information content (AvgIpc) is 3.08. The summed E-state index contributed by atoms with van der Waals surface area (Å²) in [6.07, 6.45) is 3.08. The summed E-state index contributed by atoms with van der Waals surface area (Å²) >= 11 is 0. The Labute approximate surface area is 157 Å². The fraction of sp³-hybridized carbons (Fsp3) is 0.300. The van der Waals surface area contributed by atoms with Gasteiger partial charge >= 0.3 is 0 Å². The number of hydrogen-bond donors (Lipinski definition) is 2. The van der Waals surface area contributed by atoms with E-state index in [1.54, 1.807) is 23.2 Å². The van der Waals surface area contributed by atoms with E-state index in [2.05, 4.69) is 29.7 Å². The summed E-state index contributed by atoms with van der Waals surface area (Å²) in [5, 5.41) is 0. The maximum Gasteiger partial charge on any atom is 0.271 e. The molecule has 7 nitrogen and oxygen atoms in total. The van der Waals surface area contributed by atoms with Crippen LogP contribution in [-0.4, -0.2) is 29.3 Å². The zero-order valence-electron chi connectivity index (χ0n) is 15.3. The number of amides is 3. The molecule has 0 spiro atoms. The van der Waals surface area contributed by atoms with Crippen molar-refractivity contribution in [3.63, 3.8) is 0 Å². The minimum atomic E-state index is -0.519. The third kappa shape index (κ3) is 4.31. The van der Waals surface area contributed by atoms with Crippen molar-refractivity contribution in [3.8, 4) is 0 Å². The lowest BCUT2D eigenvalue weighted by molar-refractivity contribution is -0.126. The lowest BCUT2D eigenvalue weighted by Gasteiger charge is -2.18. The van der Waals surface area contributed by atoms with Gasteiger partial charge in [0.05, 0.1) is 11.5 Å². The molecule has 0 radical (unpaired) electrons. The summed E-state index contributed by atoms with van der Waals surface area (Å²) in [6, 6.07) is 11.0. The summed E-state index contributed by atoms with van der Waals surface area (Å²) in [4.78, 5) is 42.2. The number of anilines is 1. The molecule has 1 fully saturated rings. The smallest absolute Gasteiger partial charge is 0.271 e. The molecular formula is C20H22N4O3. The Hall–Kier alpha value is -3.22. The Bertz CT molecular complexity index is 851. The van der Waals surface area contributed by atoms with E-state index < -0.39 is 11.8 Å². The predicted molar refractivity (Wildman–Crippen MR) is 101 cm³/mol. The van der Waals surface area contributed by atoms with Gasteiger partial charge in [0.15, 0.2) is 0 Å². The van der Waals surface area contributed by atoms with Gasteiger partial charge in [0.1, 0.15) is 0 Å². The first-order valence-corrected chi connectivity index (χ1v) is 8.86. The van der Waals surface area contributed by atoms with Gasteiger partial charge in [0.2, 0.25) is 11.8 Å². The highest BCUT2D eigenvalue weighted by Crippen LogP contribution is 2.27. The molecule has 1 aromatic carbocycles. The molecule has 1 unspecified atom stereocenters. The first-order valence-electron chi connectivity index (χ1n) is 8.86. The molecule has 140 valence electrons. The molecule has 0 bridgehead atoms. The van der Waals surface area contributed by atoms with Gasteiger partial charge in [-0.2, -0.15) is 0 Å². The quantitative estimate of drug-likeness (QED) is 0.810. The van der Waals surface area contributed by atoms with E-state index in [0.29, 0.717) is 11.5 Å². The molecule has 1 saturated heterocycles. The largest absolute Gasteiger partial charge is 0.312 e. The van der Waals surface area contributed by atoms with Crippen LogP contribution in [0.15, 0.2) is 48.8 Å². The molecule has 1 aromatic heterocycles. The number of aromatic nitrogens is 1. The summed E-state index contributed by atoms with van der Waals surface area (Å²) in [5.74, 6) is -1.11. The van der Waals surface area contributed by atoms with Crippen LogP contribution in [0, 0.1) is 5.92 Å². The minimum Gasteiger partial charge on any atom is -0.312 e. The zero-order chi connectivity index (χ0) is 19.4. The van der Waals surface area contributed by atoms with Crippen molar-refractivity contribution in [1.82, 2.24) is 15.8 Å². The molecule has 2 heterocycles. The molecule has 1 aliphatic heterocycles. The fourth-order valence-electron chi connectivity index (χ4n) is 2.97. The number of pyridine rings is 1. The molecule has 3 amide bonds. The van der Waals surface area contributed by atoms with Crippen molar-refractivity contribution >= 4 is 23.4 Å². The standard InChI is InChI=1S/C20H22N4O3/c1-13(2)14-5-3-7-17(9-14)24-12-16(10-18(24)25)20(27)23-22-19(26)15-6-4-8-21-11-15/h3-9,11,13,16H,10,12H2,1-2H3,(H,22,26)(H,23,27). The molecule has 0 aliphatic carbocycles. The Balaban J connectivity index is 1.60. The van der Waals surface area contributed by atoms with Gasteiger partial charge in [0, 0.05) is 31.0 Å². The van der Waals surface area contributed by atoms with Crippen molar-refractivity contribution < 1.29 is 14.4 Å². The van der Waals surface area contributed by atoms with Gasteiger partial charge < -0.3 is 4.90 Å². The van der Waals surface area contributed by atoms with Crippen LogP contribution in [0.2, 0.25) is 0 Å². The van der Waals surface area contributed by atoms with Gasteiger partial charge in [-0.25, -0.2) is 0 Å². The molecule has 0 saturated carbocycles. The Morgan fingerprint density at radius 3 is 2.70 bits per heavy atom. The number of nitrogens with zero attached hydrogens (tertiary/aromatic N) is 2. The van der Waals surface area contributed by atoms with Gasteiger partial charge in [-0.1, -0.05) is 26.0 Å². The van der Waals surface area contributed by atoms with E-state index in [1.807, 2.05) is 24.3 Å². The van der Waals surface area contributed by atoms with E-state index in [9.17, 15) is 14.4 Å². The minimum absolute atomic E-state index is 0.102. The molecular weight excluding hydrogens is 344 g/mol. The number of hydrogen-bond acceptors (Lipinski definition) is 4. The van der Waals surface area contributed by atoms with E-state index in [4.69, 9.17) is 0 Å². The fourth-order valence-corrected chi connectivity index (χ4v) is 2.97. The second-order valence-corrected chi connectivity index (χ2v) is 6.84. The van der Waals surface area contributed by atoms with Crippen molar-refractivity contribution in [1.29, 1.82) is 0 Å². The van der Waals surface area contributed by atoms with Gasteiger partial charge in [-0.05, 0) is 35.7 Å². The first-order chi connectivity index (χ1) is 13.0. The van der Waals surface area contributed by atoms with E-state index in [1.165, 1.54) is 6.20 Å². The highest BCUT2D eigenvalue weighted by Gasteiger charge is 2.35. The Morgan fingerprint density at radius 1 is 1.19 bits per heavy atom. The van der Waals surface area contributed by atoms with Crippen molar-refractivity contribution in [2.75, 3.05) is 11.4 Å². The highest BCUT2D eigenvalue weighted by molar-refractivity contribution is 6.01. The molecule has 2 aromatic rings. The first kappa shape index (κ1) is 18.6. The van der Waals surface area contributed by atoms with Gasteiger partial charge in [-0.15, -0.1) is 0 Å². The predicted octanol–water partition coefficient (Wildman–Crippen LogP) is 2.02. The molecule has 27 heavy (non-hydrogen) atoms. The SMILES string of the molecule is CC(C)c1cccc(N2CC(C(=O)NNC(=O)c3cccnc3)CC2=O)c1. The number of rotatable bonds is 4. The lowest BCUT2D eigenvalue weighted by Crippen LogP contribution is -2.45. The lowest BCUT2D eigenvalue weighted by atomic mass is 10.0. The van der Waals surface area contributed by atoms with Crippen LogP contribution in [0.1, 0.15) is 42.1 Å². The van der Waals surface area contributed by atoms with Crippen molar-refractivity contribution in [3.05, 3.63) is 59.9 Å². The van der Waals surface area contributed by atoms with Gasteiger partial charge in [-0.3, -0.25) is 30.2 Å². The molecule has 7 heteroatoms. The monoisotopic (exact) mass is 366 g/mol. The summed E-state index contributed by atoms with van der Waals surface area (Å²) in [6.45, 7) is 4.47. The highest BCUT2D eigenvalue weighted by atomic mass is 16.2. The Kier molecular flexibility index (Phi) is 5.49. The van der Waals surface area contributed by atoms with Crippen LogP contribution in [0.4, 0.5) is 5.69 Å². The number of carbonyl (C=O) groups excluding carboxylic acids is 3. The van der Waals surface area contributed by atoms with E-state index >= 15 is 0 Å². The van der Waals surface area contributed by atoms with Crippen LogP contribution < -0.4 is 15.8 Å². The van der Waals surface area contributed by atoms with Crippen LogP contribution >= 0.6 is 0 Å². The molecule has 1 atom stereocenters. The number of hydrazine groups is 1. The van der Waals surface area contributed by atoms with E-state index in [0.717, 1.165) is 11.3 Å². The molecule has 3 rings (SSSR count). The summed E-state index contributed by atoms with van der Waals surface area (Å²) in [5.41, 5.74) is 7.03. The third-order valence-electron chi connectivity index (χ3n) is 4.57. The normalized spacial score (nSPS) is 16.5. The summed E-state index contributed by atoms with van der Waals surface area (Å²) in [7, 11) is 0. The Morgan fingerprint density at radius 2 is 2.00 bits per heavy atom. The number of nitrogens with one attached hydrogen (secondary N) is 2. The maximum absolute atomic E-state index is 12.4. The van der Waals surface area contributed by atoms with Crippen molar-refractivity contribution in [2.24, 2.45) is 5.92 Å². The van der Waals surface area contributed by atoms with Crippen molar-refractivity contribution in [2.45, 2.75) is 26.2 Å². The zero-order valence-corrected chi connectivity index (χ0v) is 15.3. The molecule has 1 aliphatic rings. The molecule has 2 N–H and O–H groups in total. The second kappa shape index (κ2) is 7.99. The average molecular weight is 366 g/mol. The maximum atomic E-state index is 12.4. The van der Waals surface area contributed by atoms with Crippen LogP contribution in [0.5, 0.6) is 0 Å². The van der Waals surface area contributed by atoms with Crippen LogP contribution in [0.3, 0.4) is 0 Å². The van der Waals surface area contributed by atoms with Crippen LogP contribution in [0.25, 0.3) is 0 Å². The van der Waals surface area contributed by atoms with Gasteiger partial charge in [0.25, 0.3) is 5.91 Å². The second-order valence-electron chi connectivity index (χ2n) is 6.84. The van der Waals surface area contributed by atoms with E-state index in [-0.39, 0.29) is 24.8 Å². The third-order valence-corrected chi connectivity index (χ3v) is 4.57. The number of benzene rings is 1. The number of carbonyl (C=O) groups is 3. The summed E-state index contributed by atoms with van der Waals surface area (Å²) < 4.78 is 0. The van der Waals surface area contributed by atoms with Crippen LogP contribution in [-0.2, 0) is 9.59 Å². The topological polar surface area (TPSA) is 91.4 Å².